The van der Waals surface area contributed by atoms with E-state index >= 15 is 0 Å². The Balaban J connectivity index is 1.74. The van der Waals surface area contributed by atoms with Crippen LogP contribution in [0.2, 0.25) is 0 Å². The molecular formula is C19H15NO4S. The highest BCUT2D eigenvalue weighted by atomic mass is 32.2. The van der Waals surface area contributed by atoms with Gasteiger partial charge in [-0.05, 0) is 30.3 Å². The lowest BCUT2D eigenvalue weighted by Crippen LogP contribution is -2.00. The molecule has 126 valence electrons. The first-order valence-corrected chi connectivity index (χ1v) is 9.36. The molecule has 1 aromatic heterocycles. The number of sulfone groups is 1. The standard InChI is InChI=1S/C19H15NO4S/c1-25(22,23)17-11-12-18(20-13-17)24-16-9-7-15(8-10-16)19(21)14-5-3-2-4-6-14/h2-13H,1H3. The average Bonchev–Trinajstić information content (AvgIpc) is 2.62. The number of aromatic nitrogens is 1. The maximum Gasteiger partial charge on any atom is 0.219 e. The van der Waals surface area contributed by atoms with E-state index in [2.05, 4.69) is 4.98 Å². The van der Waals surface area contributed by atoms with Crippen molar-refractivity contribution < 1.29 is 17.9 Å². The Morgan fingerprint density at radius 2 is 1.52 bits per heavy atom. The quantitative estimate of drug-likeness (QED) is 0.656. The second kappa shape index (κ2) is 6.86. The molecule has 0 saturated heterocycles. The Hall–Kier alpha value is -2.99. The molecule has 0 amide bonds. The van der Waals surface area contributed by atoms with Crippen LogP contribution in [0.5, 0.6) is 11.6 Å². The average molecular weight is 353 g/mol. The molecule has 0 atom stereocenters. The fourth-order valence-electron chi connectivity index (χ4n) is 2.20. The molecule has 25 heavy (non-hydrogen) atoms. The number of carbonyl (C=O) groups is 1. The van der Waals surface area contributed by atoms with E-state index in [9.17, 15) is 13.2 Å². The van der Waals surface area contributed by atoms with E-state index in [-0.39, 0.29) is 16.6 Å². The molecule has 0 bridgehead atoms. The summed E-state index contributed by atoms with van der Waals surface area (Å²) in [5.74, 6) is 0.710. The first-order chi connectivity index (χ1) is 11.9. The Kier molecular flexibility index (Phi) is 4.63. The first-order valence-electron chi connectivity index (χ1n) is 7.47. The molecule has 0 fully saturated rings. The summed E-state index contributed by atoms with van der Waals surface area (Å²) in [7, 11) is -3.29. The zero-order valence-electron chi connectivity index (χ0n) is 13.4. The first kappa shape index (κ1) is 16.9. The van der Waals surface area contributed by atoms with Crippen LogP contribution in [0.3, 0.4) is 0 Å². The largest absolute Gasteiger partial charge is 0.439 e. The molecule has 0 radical (unpaired) electrons. The Bertz CT molecular complexity index is 980. The van der Waals surface area contributed by atoms with Crippen LogP contribution < -0.4 is 4.74 Å². The number of rotatable bonds is 5. The molecule has 0 aliphatic rings. The van der Waals surface area contributed by atoms with Crippen molar-refractivity contribution in [3.8, 4) is 11.6 Å². The SMILES string of the molecule is CS(=O)(=O)c1ccc(Oc2ccc(C(=O)c3ccccc3)cc2)nc1. The number of carbonyl (C=O) groups excluding carboxylic acids is 1. The van der Waals surface area contributed by atoms with Gasteiger partial charge in [-0.1, -0.05) is 30.3 Å². The van der Waals surface area contributed by atoms with E-state index in [1.54, 1.807) is 36.4 Å². The minimum atomic E-state index is -3.29. The summed E-state index contributed by atoms with van der Waals surface area (Å²) in [5, 5.41) is 0. The predicted octanol–water partition coefficient (Wildman–Crippen LogP) is 3.51. The van der Waals surface area contributed by atoms with Crippen molar-refractivity contribution in [3.05, 3.63) is 84.1 Å². The van der Waals surface area contributed by atoms with Gasteiger partial charge < -0.3 is 4.74 Å². The number of ether oxygens (including phenoxy) is 1. The number of ketones is 1. The van der Waals surface area contributed by atoms with Crippen molar-refractivity contribution in [2.24, 2.45) is 0 Å². The summed E-state index contributed by atoms with van der Waals surface area (Å²) in [4.78, 5) is 16.4. The van der Waals surface area contributed by atoms with Gasteiger partial charge in [-0.25, -0.2) is 13.4 Å². The Labute approximate surface area is 145 Å². The molecule has 3 aromatic rings. The number of hydrogen-bond acceptors (Lipinski definition) is 5. The van der Waals surface area contributed by atoms with Crippen LogP contribution in [-0.4, -0.2) is 25.4 Å². The van der Waals surface area contributed by atoms with Crippen LogP contribution in [0.1, 0.15) is 15.9 Å². The van der Waals surface area contributed by atoms with Crippen molar-refractivity contribution in [3.63, 3.8) is 0 Å². The van der Waals surface area contributed by atoms with Crippen LogP contribution >= 0.6 is 0 Å². The van der Waals surface area contributed by atoms with Crippen LogP contribution in [0.4, 0.5) is 0 Å². The van der Waals surface area contributed by atoms with Gasteiger partial charge in [-0.15, -0.1) is 0 Å². The fraction of sp³-hybridized carbons (Fsp3) is 0.0526. The highest BCUT2D eigenvalue weighted by Gasteiger charge is 2.10. The van der Waals surface area contributed by atoms with E-state index < -0.39 is 9.84 Å². The summed E-state index contributed by atoms with van der Waals surface area (Å²) < 4.78 is 28.4. The minimum Gasteiger partial charge on any atom is -0.439 e. The van der Waals surface area contributed by atoms with Crippen LogP contribution in [0.25, 0.3) is 0 Å². The molecule has 2 aromatic carbocycles. The topological polar surface area (TPSA) is 73.3 Å². The minimum absolute atomic E-state index is 0.0669. The summed E-state index contributed by atoms with van der Waals surface area (Å²) in [6, 6.07) is 18.6. The normalized spacial score (nSPS) is 11.1. The molecule has 0 aliphatic heterocycles. The van der Waals surface area contributed by atoms with Crippen LogP contribution in [-0.2, 0) is 9.84 Å². The van der Waals surface area contributed by atoms with Gasteiger partial charge in [-0.3, -0.25) is 4.79 Å². The molecule has 0 saturated carbocycles. The summed E-state index contributed by atoms with van der Waals surface area (Å²) in [6.45, 7) is 0. The van der Waals surface area contributed by atoms with Crippen molar-refractivity contribution >= 4 is 15.6 Å². The second-order valence-corrected chi connectivity index (χ2v) is 7.44. The highest BCUT2D eigenvalue weighted by molar-refractivity contribution is 7.90. The molecule has 3 rings (SSSR count). The van der Waals surface area contributed by atoms with Gasteiger partial charge in [0.1, 0.15) is 5.75 Å². The Morgan fingerprint density at radius 3 is 2.08 bits per heavy atom. The molecule has 6 heteroatoms. The third kappa shape index (κ3) is 4.10. The van der Waals surface area contributed by atoms with Gasteiger partial charge in [-0.2, -0.15) is 0 Å². The van der Waals surface area contributed by atoms with E-state index in [1.165, 1.54) is 18.3 Å². The van der Waals surface area contributed by atoms with E-state index in [0.29, 0.717) is 16.9 Å². The fourth-order valence-corrected chi connectivity index (χ4v) is 2.76. The number of hydrogen-bond donors (Lipinski definition) is 0. The monoisotopic (exact) mass is 353 g/mol. The van der Waals surface area contributed by atoms with E-state index in [4.69, 9.17) is 4.74 Å². The highest BCUT2D eigenvalue weighted by Crippen LogP contribution is 2.21. The van der Waals surface area contributed by atoms with Gasteiger partial charge in [0.15, 0.2) is 15.6 Å². The van der Waals surface area contributed by atoms with Crippen molar-refractivity contribution in [2.45, 2.75) is 4.90 Å². The molecular weight excluding hydrogens is 338 g/mol. The summed E-state index contributed by atoms with van der Waals surface area (Å²) in [5.41, 5.74) is 1.17. The van der Waals surface area contributed by atoms with Gasteiger partial charge in [0, 0.05) is 29.6 Å². The third-order valence-corrected chi connectivity index (χ3v) is 4.61. The lowest BCUT2D eigenvalue weighted by molar-refractivity contribution is 0.103. The molecule has 1 heterocycles. The predicted molar refractivity (Wildman–Crippen MR) is 93.7 cm³/mol. The maximum absolute atomic E-state index is 12.3. The number of nitrogens with zero attached hydrogens (tertiary/aromatic N) is 1. The number of pyridine rings is 1. The summed E-state index contributed by atoms with van der Waals surface area (Å²) in [6.07, 6.45) is 2.37. The van der Waals surface area contributed by atoms with E-state index in [0.717, 1.165) is 6.26 Å². The molecule has 0 N–H and O–H groups in total. The number of benzene rings is 2. The van der Waals surface area contributed by atoms with E-state index in [1.807, 2.05) is 18.2 Å². The van der Waals surface area contributed by atoms with Gasteiger partial charge in [0.05, 0.1) is 4.90 Å². The van der Waals surface area contributed by atoms with Crippen molar-refractivity contribution in [1.29, 1.82) is 0 Å². The van der Waals surface area contributed by atoms with Crippen molar-refractivity contribution in [1.82, 2.24) is 4.98 Å². The molecule has 0 spiro atoms. The smallest absolute Gasteiger partial charge is 0.219 e. The molecule has 5 nitrogen and oxygen atoms in total. The lowest BCUT2D eigenvalue weighted by Gasteiger charge is -2.06. The van der Waals surface area contributed by atoms with Crippen molar-refractivity contribution in [2.75, 3.05) is 6.26 Å². The summed E-state index contributed by atoms with van der Waals surface area (Å²) >= 11 is 0. The van der Waals surface area contributed by atoms with Gasteiger partial charge in [0.25, 0.3) is 0 Å². The van der Waals surface area contributed by atoms with Crippen LogP contribution in [0.15, 0.2) is 77.8 Å². The van der Waals surface area contributed by atoms with Gasteiger partial charge >= 0.3 is 0 Å². The maximum atomic E-state index is 12.3. The lowest BCUT2D eigenvalue weighted by atomic mass is 10.0. The molecule has 0 unspecified atom stereocenters. The zero-order chi connectivity index (χ0) is 17.9. The zero-order valence-corrected chi connectivity index (χ0v) is 14.2. The molecule has 0 aliphatic carbocycles. The third-order valence-electron chi connectivity index (χ3n) is 3.51. The van der Waals surface area contributed by atoms with Gasteiger partial charge in [0.2, 0.25) is 5.88 Å². The second-order valence-electron chi connectivity index (χ2n) is 5.43. The Morgan fingerprint density at radius 1 is 0.880 bits per heavy atom. The van der Waals surface area contributed by atoms with Crippen LogP contribution in [0, 0.1) is 0 Å².